The zero-order chi connectivity index (χ0) is 17.0. The van der Waals surface area contributed by atoms with Gasteiger partial charge in [0.15, 0.2) is 0 Å². The first-order chi connectivity index (χ1) is 11.6. The van der Waals surface area contributed by atoms with E-state index in [4.69, 9.17) is 0 Å². The van der Waals surface area contributed by atoms with Crippen LogP contribution in [0.15, 0.2) is 49.1 Å². The van der Waals surface area contributed by atoms with Crippen molar-refractivity contribution in [3.05, 3.63) is 54.6 Å². The molecule has 5 nitrogen and oxygen atoms in total. The summed E-state index contributed by atoms with van der Waals surface area (Å²) in [7, 11) is 1.74. The van der Waals surface area contributed by atoms with Crippen molar-refractivity contribution in [1.82, 2.24) is 14.5 Å². The van der Waals surface area contributed by atoms with Gasteiger partial charge in [-0.05, 0) is 36.6 Å². The molecule has 1 aliphatic carbocycles. The molecule has 1 aromatic heterocycles. The monoisotopic (exact) mass is 325 g/mol. The maximum Gasteiger partial charge on any atom is 0.246 e. The molecule has 0 spiro atoms. The van der Waals surface area contributed by atoms with Gasteiger partial charge in [-0.3, -0.25) is 4.79 Å². The quantitative estimate of drug-likeness (QED) is 0.860. The Morgan fingerprint density at radius 3 is 2.67 bits per heavy atom. The summed E-state index contributed by atoms with van der Waals surface area (Å²) in [6.45, 7) is 0.399. The standard InChI is InChI=1S/C19H23N3O2/c1-21(14-19(24)10-2-3-11-19)18(23)9-6-16-4-7-17(8-5-16)22-13-12-20-15-22/h4-9,12-13,15,24H,2-3,10-11,14H2,1H3/b9-6+. The summed E-state index contributed by atoms with van der Waals surface area (Å²) in [5.74, 6) is -0.0889. The fourth-order valence-corrected chi connectivity index (χ4v) is 3.17. The van der Waals surface area contributed by atoms with Crippen LogP contribution in [0, 0.1) is 0 Å². The van der Waals surface area contributed by atoms with Crippen LogP contribution in [0.4, 0.5) is 0 Å². The van der Waals surface area contributed by atoms with Crippen LogP contribution in [0.1, 0.15) is 31.2 Å². The smallest absolute Gasteiger partial charge is 0.246 e. The van der Waals surface area contributed by atoms with E-state index in [0.717, 1.165) is 36.9 Å². The van der Waals surface area contributed by atoms with Gasteiger partial charge in [-0.2, -0.15) is 0 Å². The van der Waals surface area contributed by atoms with Gasteiger partial charge in [0.2, 0.25) is 5.91 Å². The number of hydrogen-bond acceptors (Lipinski definition) is 3. The lowest BCUT2D eigenvalue weighted by Crippen LogP contribution is -2.41. The Balaban J connectivity index is 1.59. The predicted molar refractivity (Wildman–Crippen MR) is 93.7 cm³/mol. The molecule has 0 radical (unpaired) electrons. The van der Waals surface area contributed by atoms with Crippen LogP contribution in [-0.2, 0) is 4.79 Å². The maximum atomic E-state index is 12.2. The highest BCUT2D eigenvalue weighted by molar-refractivity contribution is 5.91. The Hall–Kier alpha value is -2.40. The minimum atomic E-state index is -0.704. The van der Waals surface area contributed by atoms with Crippen molar-refractivity contribution in [2.75, 3.05) is 13.6 Å². The van der Waals surface area contributed by atoms with Crippen molar-refractivity contribution in [3.63, 3.8) is 0 Å². The topological polar surface area (TPSA) is 58.4 Å². The Kier molecular flexibility index (Phi) is 4.81. The summed E-state index contributed by atoms with van der Waals surface area (Å²) >= 11 is 0. The van der Waals surface area contributed by atoms with E-state index in [2.05, 4.69) is 4.98 Å². The van der Waals surface area contributed by atoms with Crippen LogP contribution in [0.2, 0.25) is 0 Å². The van der Waals surface area contributed by atoms with Gasteiger partial charge < -0.3 is 14.6 Å². The van der Waals surface area contributed by atoms with Crippen LogP contribution in [0.25, 0.3) is 11.8 Å². The lowest BCUT2D eigenvalue weighted by Gasteiger charge is -2.27. The first kappa shape index (κ1) is 16.5. The molecule has 0 unspecified atom stereocenters. The normalized spacial score (nSPS) is 16.6. The summed E-state index contributed by atoms with van der Waals surface area (Å²) in [5.41, 5.74) is 1.28. The second-order valence-corrected chi connectivity index (χ2v) is 6.52. The molecule has 3 rings (SSSR count). The number of carbonyl (C=O) groups is 1. The van der Waals surface area contributed by atoms with E-state index in [9.17, 15) is 9.90 Å². The first-order valence-electron chi connectivity index (χ1n) is 8.30. The molecule has 1 fully saturated rings. The molecule has 1 aromatic carbocycles. The molecule has 1 saturated carbocycles. The van der Waals surface area contributed by atoms with Crippen LogP contribution in [0.5, 0.6) is 0 Å². The Morgan fingerprint density at radius 1 is 1.33 bits per heavy atom. The molecule has 0 aliphatic heterocycles. The summed E-state index contributed by atoms with van der Waals surface area (Å²) in [4.78, 5) is 17.8. The van der Waals surface area contributed by atoms with Crippen molar-refractivity contribution >= 4 is 12.0 Å². The van der Waals surface area contributed by atoms with E-state index in [1.54, 1.807) is 36.6 Å². The average molecular weight is 325 g/mol. The number of benzene rings is 1. The Morgan fingerprint density at radius 2 is 2.04 bits per heavy atom. The highest BCUT2D eigenvalue weighted by Gasteiger charge is 2.32. The third-order valence-electron chi connectivity index (χ3n) is 4.56. The molecule has 1 heterocycles. The largest absolute Gasteiger partial charge is 0.388 e. The van der Waals surface area contributed by atoms with Gasteiger partial charge in [0.25, 0.3) is 0 Å². The molecule has 0 saturated heterocycles. The average Bonchev–Trinajstić information content (AvgIpc) is 3.25. The molecule has 0 bridgehead atoms. The second-order valence-electron chi connectivity index (χ2n) is 6.52. The minimum absolute atomic E-state index is 0.0889. The van der Waals surface area contributed by atoms with E-state index in [1.165, 1.54) is 0 Å². The van der Waals surface area contributed by atoms with Crippen molar-refractivity contribution < 1.29 is 9.90 Å². The second kappa shape index (κ2) is 7.01. The summed E-state index contributed by atoms with van der Waals surface area (Å²) in [5, 5.41) is 10.4. The van der Waals surface area contributed by atoms with Gasteiger partial charge in [0.05, 0.1) is 11.9 Å². The van der Waals surface area contributed by atoms with Crippen molar-refractivity contribution in [3.8, 4) is 5.69 Å². The van der Waals surface area contributed by atoms with Crippen LogP contribution < -0.4 is 0 Å². The van der Waals surface area contributed by atoms with Gasteiger partial charge in [-0.1, -0.05) is 25.0 Å². The van der Waals surface area contributed by atoms with Crippen LogP contribution >= 0.6 is 0 Å². The van der Waals surface area contributed by atoms with Crippen molar-refractivity contribution in [1.29, 1.82) is 0 Å². The lowest BCUT2D eigenvalue weighted by molar-refractivity contribution is -0.127. The zero-order valence-corrected chi connectivity index (χ0v) is 13.9. The third-order valence-corrected chi connectivity index (χ3v) is 4.56. The highest BCUT2D eigenvalue weighted by atomic mass is 16.3. The number of aliphatic hydroxyl groups is 1. The summed E-state index contributed by atoms with van der Waals surface area (Å²) in [6, 6.07) is 7.89. The molecule has 1 aliphatic rings. The summed E-state index contributed by atoms with van der Waals surface area (Å²) < 4.78 is 1.93. The number of rotatable bonds is 5. The molecule has 2 aromatic rings. The molecule has 0 atom stereocenters. The van der Waals surface area contributed by atoms with Crippen LogP contribution in [-0.4, -0.2) is 44.7 Å². The number of amides is 1. The minimum Gasteiger partial charge on any atom is -0.388 e. The van der Waals surface area contributed by atoms with Crippen molar-refractivity contribution in [2.45, 2.75) is 31.3 Å². The van der Waals surface area contributed by atoms with Crippen molar-refractivity contribution in [2.24, 2.45) is 0 Å². The van der Waals surface area contributed by atoms with E-state index in [0.29, 0.717) is 6.54 Å². The van der Waals surface area contributed by atoms with Gasteiger partial charge >= 0.3 is 0 Å². The van der Waals surface area contributed by atoms with Gasteiger partial charge in [0, 0.05) is 37.7 Å². The van der Waals surface area contributed by atoms with Gasteiger partial charge in [-0.15, -0.1) is 0 Å². The number of carbonyl (C=O) groups excluding carboxylic acids is 1. The number of nitrogens with zero attached hydrogens (tertiary/aromatic N) is 3. The molecule has 24 heavy (non-hydrogen) atoms. The Bertz CT molecular complexity index is 699. The lowest BCUT2D eigenvalue weighted by atomic mass is 10.0. The fraction of sp³-hybridized carbons (Fsp3) is 0.368. The highest BCUT2D eigenvalue weighted by Crippen LogP contribution is 2.29. The van der Waals surface area contributed by atoms with Gasteiger partial charge in [0.1, 0.15) is 0 Å². The molecule has 1 N–H and O–H groups in total. The molecule has 1 amide bonds. The maximum absolute atomic E-state index is 12.2. The molecular formula is C19H23N3O2. The SMILES string of the molecule is CN(CC1(O)CCCC1)C(=O)/C=C/c1ccc(-n2ccnc2)cc1. The van der Waals surface area contributed by atoms with E-state index in [1.807, 2.05) is 35.0 Å². The number of hydrogen-bond donors (Lipinski definition) is 1. The third kappa shape index (κ3) is 3.92. The van der Waals surface area contributed by atoms with E-state index in [-0.39, 0.29) is 5.91 Å². The molecule has 5 heteroatoms. The Labute approximate surface area is 142 Å². The predicted octanol–water partition coefficient (Wildman–Crippen LogP) is 2.65. The van der Waals surface area contributed by atoms with E-state index >= 15 is 0 Å². The number of likely N-dealkylation sites (N-methyl/N-ethyl adjacent to an activating group) is 1. The van der Waals surface area contributed by atoms with E-state index < -0.39 is 5.60 Å². The fourth-order valence-electron chi connectivity index (χ4n) is 3.17. The van der Waals surface area contributed by atoms with Gasteiger partial charge in [-0.25, -0.2) is 4.98 Å². The zero-order valence-electron chi connectivity index (χ0n) is 13.9. The molecule has 126 valence electrons. The summed E-state index contributed by atoms with van der Waals surface area (Å²) in [6.07, 6.45) is 12.4. The number of imidazole rings is 1. The molecular weight excluding hydrogens is 302 g/mol. The van der Waals surface area contributed by atoms with Crippen LogP contribution in [0.3, 0.4) is 0 Å². The number of aromatic nitrogens is 2. The first-order valence-corrected chi connectivity index (χ1v) is 8.30.